The first-order valence-corrected chi connectivity index (χ1v) is 9.49. The predicted octanol–water partition coefficient (Wildman–Crippen LogP) is 4.91. The Bertz CT molecular complexity index is 361. The minimum atomic E-state index is -0.836. The van der Waals surface area contributed by atoms with E-state index in [1.807, 2.05) is 20.5 Å². The molecule has 6 heteroatoms. The van der Waals surface area contributed by atoms with Gasteiger partial charge >= 0.3 is 0 Å². The molecule has 1 aromatic carbocycles. The molecule has 0 spiro atoms. The highest BCUT2D eigenvalue weighted by Gasteiger charge is 2.07. The second kappa shape index (κ2) is 16.7. The smallest absolute Gasteiger partial charge is 0.158 e. The minimum absolute atomic E-state index is 0.187. The highest BCUT2D eigenvalue weighted by molar-refractivity contribution is 7.49. The Labute approximate surface area is 141 Å². The molecule has 0 saturated heterocycles. The molecule has 1 rings (SSSR count). The summed E-state index contributed by atoms with van der Waals surface area (Å²) in [6.07, 6.45) is 1.97. The van der Waals surface area contributed by atoms with Crippen LogP contribution < -0.4 is 9.61 Å². The maximum absolute atomic E-state index is 10.4. The van der Waals surface area contributed by atoms with Crippen molar-refractivity contribution >= 4 is 26.2 Å². The third kappa shape index (κ3) is 14.3. The highest BCUT2D eigenvalue weighted by atomic mass is 35.5. The maximum Gasteiger partial charge on any atom is 0.158 e. The SMILES string of the molecule is CC.CCCOC.C[C@@H](C=O)NP(C)Oc1ccc(Cl)cc1. The van der Waals surface area contributed by atoms with Gasteiger partial charge in [0.25, 0.3) is 0 Å². The van der Waals surface area contributed by atoms with Crippen LogP contribution in [0.15, 0.2) is 24.3 Å². The van der Waals surface area contributed by atoms with Gasteiger partial charge in [0, 0.05) is 25.4 Å². The average Bonchev–Trinajstić information content (AvgIpc) is 2.53. The van der Waals surface area contributed by atoms with E-state index >= 15 is 0 Å². The molecule has 2 atom stereocenters. The second-order valence-electron chi connectivity index (χ2n) is 4.09. The molecule has 0 heterocycles. The molecule has 1 N–H and O–H groups in total. The van der Waals surface area contributed by atoms with Gasteiger partial charge in [-0.2, -0.15) is 0 Å². The lowest BCUT2D eigenvalue weighted by Gasteiger charge is -2.16. The number of aldehydes is 1. The van der Waals surface area contributed by atoms with Crippen LogP contribution in [-0.2, 0) is 9.53 Å². The van der Waals surface area contributed by atoms with E-state index < -0.39 is 8.30 Å². The number of ether oxygens (including phenoxy) is 1. The zero-order valence-electron chi connectivity index (χ0n) is 14.4. The zero-order valence-corrected chi connectivity index (χ0v) is 16.1. The number of benzene rings is 1. The second-order valence-corrected chi connectivity index (χ2v) is 5.96. The summed E-state index contributed by atoms with van der Waals surface area (Å²) in [5.74, 6) is 0.749. The largest absolute Gasteiger partial charge is 0.459 e. The molecule has 22 heavy (non-hydrogen) atoms. The molecule has 0 bridgehead atoms. The maximum atomic E-state index is 10.4. The number of nitrogens with one attached hydrogen (secondary N) is 1. The molecule has 4 nitrogen and oxygen atoms in total. The number of hydrogen-bond acceptors (Lipinski definition) is 4. The van der Waals surface area contributed by atoms with Gasteiger partial charge in [-0.15, -0.1) is 0 Å². The van der Waals surface area contributed by atoms with Crippen molar-refractivity contribution in [2.45, 2.75) is 40.2 Å². The predicted molar refractivity (Wildman–Crippen MR) is 97.1 cm³/mol. The van der Waals surface area contributed by atoms with Gasteiger partial charge in [-0.3, -0.25) is 5.09 Å². The Morgan fingerprint density at radius 1 is 1.32 bits per heavy atom. The molecule has 1 aromatic rings. The number of hydrogen-bond donors (Lipinski definition) is 1. The molecular weight excluding hydrogens is 321 g/mol. The van der Waals surface area contributed by atoms with Crippen LogP contribution in [0.1, 0.15) is 34.1 Å². The fraction of sp³-hybridized carbons (Fsp3) is 0.562. The average molecular weight is 350 g/mol. The van der Waals surface area contributed by atoms with Gasteiger partial charge in [0.05, 0.1) is 6.04 Å². The molecule has 0 aliphatic carbocycles. The summed E-state index contributed by atoms with van der Waals surface area (Å²) in [5, 5.41) is 3.71. The van der Waals surface area contributed by atoms with Crippen molar-refractivity contribution < 1.29 is 14.1 Å². The fourth-order valence-corrected chi connectivity index (χ4v) is 2.45. The molecule has 0 radical (unpaired) electrons. The first-order chi connectivity index (χ1) is 10.5. The van der Waals surface area contributed by atoms with E-state index in [4.69, 9.17) is 20.9 Å². The summed E-state index contributed by atoms with van der Waals surface area (Å²) >= 11 is 5.74. The van der Waals surface area contributed by atoms with Crippen molar-refractivity contribution in [3.63, 3.8) is 0 Å². The molecular formula is C16H29ClNO3P. The van der Waals surface area contributed by atoms with Gasteiger partial charge in [-0.05, 0) is 37.6 Å². The van der Waals surface area contributed by atoms with Crippen LogP contribution >= 0.6 is 19.9 Å². The third-order valence-electron chi connectivity index (χ3n) is 2.05. The van der Waals surface area contributed by atoms with Crippen LogP contribution in [0.25, 0.3) is 0 Å². The number of methoxy groups -OCH3 is 1. The normalized spacial score (nSPS) is 12.0. The Morgan fingerprint density at radius 3 is 2.23 bits per heavy atom. The molecule has 0 fully saturated rings. The standard InChI is InChI=1S/C10H13ClNO2P.C4H10O.C2H6/c1-8(7-13)12-15(2)14-10-5-3-9(11)4-6-10;1-3-4-5-2;1-2/h3-8,12H,1-2H3;3-4H2,1-2H3;1-2H3/t8-,15?;;/m0../s1. The van der Waals surface area contributed by atoms with Crippen LogP contribution in [-0.4, -0.2) is 32.7 Å². The molecule has 0 aliphatic rings. The summed E-state index contributed by atoms with van der Waals surface area (Å²) < 4.78 is 10.3. The highest BCUT2D eigenvalue weighted by Crippen LogP contribution is 2.30. The fourth-order valence-electron chi connectivity index (χ4n) is 1.20. The topological polar surface area (TPSA) is 47.6 Å². The van der Waals surface area contributed by atoms with Crippen LogP contribution in [0.3, 0.4) is 0 Å². The van der Waals surface area contributed by atoms with E-state index in [0.29, 0.717) is 5.02 Å². The Balaban J connectivity index is 0. The molecule has 0 aromatic heterocycles. The summed E-state index contributed by atoms with van der Waals surface area (Å²) in [6, 6.07) is 6.95. The van der Waals surface area contributed by atoms with E-state index in [9.17, 15) is 4.79 Å². The minimum Gasteiger partial charge on any atom is -0.459 e. The lowest BCUT2D eigenvalue weighted by atomic mass is 10.3. The van der Waals surface area contributed by atoms with Gasteiger partial charge in [0.15, 0.2) is 8.30 Å². The lowest BCUT2D eigenvalue weighted by Crippen LogP contribution is -2.23. The van der Waals surface area contributed by atoms with Crippen molar-refractivity contribution in [2.24, 2.45) is 0 Å². The van der Waals surface area contributed by atoms with Crippen LogP contribution in [0.2, 0.25) is 5.02 Å². The van der Waals surface area contributed by atoms with E-state index in [2.05, 4.69) is 12.0 Å². The molecule has 0 amide bonds. The van der Waals surface area contributed by atoms with Gasteiger partial charge in [-0.1, -0.05) is 32.4 Å². The summed E-state index contributed by atoms with van der Waals surface area (Å²) in [5.41, 5.74) is 0. The van der Waals surface area contributed by atoms with E-state index in [1.165, 1.54) is 0 Å². The van der Waals surface area contributed by atoms with Crippen LogP contribution in [0, 0.1) is 0 Å². The monoisotopic (exact) mass is 349 g/mol. The first-order valence-electron chi connectivity index (χ1n) is 7.41. The van der Waals surface area contributed by atoms with Crippen molar-refractivity contribution in [1.82, 2.24) is 5.09 Å². The Hall–Kier alpha value is -0.670. The van der Waals surface area contributed by atoms with Gasteiger partial charge in [0.1, 0.15) is 12.0 Å². The van der Waals surface area contributed by atoms with Crippen molar-refractivity contribution in [2.75, 3.05) is 20.4 Å². The molecule has 0 saturated carbocycles. The van der Waals surface area contributed by atoms with E-state index in [-0.39, 0.29) is 6.04 Å². The number of carbonyl (C=O) groups is 1. The summed E-state index contributed by atoms with van der Waals surface area (Å²) in [7, 11) is 0.876. The number of halogens is 1. The van der Waals surface area contributed by atoms with Crippen molar-refractivity contribution in [1.29, 1.82) is 0 Å². The van der Waals surface area contributed by atoms with Crippen molar-refractivity contribution in [3.05, 3.63) is 29.3 Å². The van der Waals surface area contributed by atoms with Crippen LogP contribution in [0.4, 0.5) is 0 Å². The lowest BCUT2D eigenvalue weighted by molar-refractivity contribution is -0.108. The Kier molecular flexibility index (Phi) is 17.9. The first kappa shape index (κ1) is 23.6. The number of carbonyl (C=O) groups excluding carboxylic acids is 1. The quantitative estimate of drug-likeness (QED) is 0.561. The van der Waals surface area contributed by atoms with Crippen LogP contribution in [0.5, 0.6) is 5.75 Å². The number of rotatable bonds is 7. The zero-order chi connectivity index (χ0) is 17.4. The molecule has 128 valence electrons. The van der Waals surface area contributed by atoms with Gasteiger partial charge < -0.3 is 14.1 Å². The van der Waals surface area contributed by atoms with E-state index in [1.54, 1.807) is 38.3 Å². The van der Waals surface area contributed by atoms with Gasteiger partial charge in [0.2, 0.25) is 0 Å². The van der Waals surface area contributed by atoms with Crippen molar-refractivity contribution in [3.8, 4) is 5.75 Å². The summed E-state index contributed by atoms with van der Waals surface area (Å²) in [6.45, 7) is 10.7. The van der Waals surface area contributed by atoms with Gasteiger partial charge in [-0.25, -0.2) is 0 Å². The molecule has 0 aliphatic heterocycles. The van der Waals surface area contributed by atoms with E-state index in [0.717, 1.165) is 25.1 Å². The Morgan fingerprint density at radius 2 is 1.86 bits per heavy atom. The summed E-state index contributed by atoms with van der Waals surface area (Å²) in [4.78, 5) is 10.4. The molecule has 1 unspecified atom stereocenters. The third-order valence-corrected chi connectivity index (χ3v) is 3.56.